The largest absolute Gasteiger partial charge is 0.504 e. The molecule has 1 aromatic heterocycles. The van der Waals surface area contributed by atoms with Gasteiger partial charge in [0.1, 0.15) is 0 Å². The molecular formula is C13H19N3O2. The number of nitrogens with one attached hydrogen (secondary N) is 1. The first-order valence-corrected chi connectivity index (χ1v) is 6.35. The van der Waals surface area contributed by atoms with Crippen molar-refractivity contribution in [2.24, 2.45) is 17.6 Å². The van der Waals surface area contributed by atoms with Gasteiger partial charge in [-0.25, -0.2) is 4.98 Å². The van der Waals surface area contributed by atoms with E-state index in [1.54, 1.807) is 12.3 Å². The van der Waals surface area contributed by atoms with Gasteiger partial charge in [-0.05, 0) is 50.3 Å². The average molecular weight is 249 g/mol. The summed E-state index contributed by atoms with van der Waals surface area (Å²) in [6.45, 7) is 0.704. The van der Waals surface area contributed by atoms with E-state index in [4.69, 9.17) is 5.73 Å². The van der Waals surface area contributed by atoms with Crippen LogP contribution in [0.3, 0.4) is 0 Å². The summed E-state index contributed by atoms with van der Waals surface area (Å²) in [4.78, 5) is 16.0. The van der Waals surface area contributed by atoms with Gasteiger partial charge in [-0.3, -0.25) is 4.79 Å². The lowest BCUT2D eigenvalue weighted by molar-refractivity contribution is -0.121. The molecule has 2 rings (SSSR count). The summed E-state index contributed by atoms with van der Waals surface area (Å²) >= 11 is 0. The van der Waals surface area contributed by atoms with Crippen LogP contribution >= 0.6 is 0 Å². The summed E-state index contributed by atoms with van der Waals surface area (Å²) in [5, 5.41) is 12.2. The Kier molecular flexibility index (Phi) is 4.15. The zero-order valence-electron chi connectivity index (χ0n) is 10.3. The molecule has 0 unspecified atom stereocenters. The summed E-state index contributed by atoms with van der Waals surface area (Å²) in [5.41, 5.74) is 5.62. The van der Waals surface area contributed by atoms with E-state index in [1.165, 1.54) is 6.07 Å². The highest BCUT2D eigenvalue weighted by atomic mass is 16.3. The van der Waals surface area contributed by atoms with Gasteiger partial charge < -0.3 is 16.2 Å². The molecule has 1 fully saturated rings. The van der Waals surface area contributed by atoms with E-state index in [-0.39, 0.29) is 23.4 Å². The van der Waals surface area contributed by atoms with Crippen molar-refractivity contribution in [3.63, 3.8) is 0 Å². The fraction of sp³-hybridized carbons (Fsp3) is 0.538. The minimum Gasteiger partial charge on any atom is -0.504 e. The monoisotopic (exact) mass is 249 g/mol. The van der Waals surface area contributed by atoms with Crippen LogP contribution in [0.2, 0.25) is 0 Å². The minimum absolute atomic E-state index is 0.00138. The molecule has 4 N–H and O–H groups in total. The Morgan fingerprint density at radius 1 is 1.44 bits per heavy atom. The van der Waals surface area contributed by atoms with Crippen molar-refractivity contribution in [1.82, 2.24) is 4.98 Å². The Labute approximate surface area is 106 Å². The normalized spacial score (nSPS) is 23.6. The van der Waals surface area contributed by atoms with Crippen LogP contribution in [0.5, 0.6) is 5.75 Å². The van der Waals surface area contributed by atoms with Crippen molar-refractivity contribution in [2.45, 2.75) is 25.7 Å². The summed E-state index contributed by atoms with van der Waals surface area (Å²) in [5.74, 6) is 0.746. The molecule has 0 atom stereocenters. The highest BCUT2D eigenvalue weighted by Crippen LogP contribution is 2.29. The van der Waals surface area contributed by atoms with E-state index in [0.29, 0.717) is 12.5 Å². The fourth-order valence-electron chi connectivity index (χ4n) is 2.37. The third kappa shape index (κ3) is 2.98. The van der Waals surface area contributed by atoms with E-state index in [9.17, 15) is 9.90 Å². The number of nitrogens with zero attached hydrogens (tertiary/aromatic N) is 1. The van der Waals surface area contributed by atoms with Crippen LogP contribution in [0, 0.1) is 11.8 Å². The number of nitrogens with two attached hydrogens (primary N) is 1. The van der Waals surface area contributed by atoms with Gasteiger partial charge in [-0.15, -0.1) is 0 Å². The van der Waals surface area contributed by atoms with Crippen LogP contribution < -0.4 is 11.1 Å². The second-order valence-electron chi connectivity index (χ2n) is 4.81. The molecule has 5 nitrogen and oxygen atoms in total. The van der Waals surface area contributed by atoms with Gasteiger partial charge in [0.25, 0.3) is 0 Å². The molecule has 1 aromatic rings. The predicted molar refractivity (Wildman–Crippen MR) is 69.0 cm³/mol. The van der Waals surface area contributed by atoms with Gasteiger partial charge in [-0.2, -0.15) is 0 Å². The fourth-order valence-corrected chi connectivity index (χ4v) is 2.37. The second-order valence-corrected chi connectivity index (χ2v) is 4.81. The lowest BCUT2D eigenvalue weighted by Crippen LogP contribution is -2.29. The van der Waals surface area contributed by atoms with Crippen LogP contribution in [-0.4, -0.2) is 22.5 Å². The number of aromatic hydroxyl groups is 1. The highest BCUT2D eigenvalue weighted by Gasteiger charge is 2.26. The van der Waals surface area contributed by atoms with Gasteiger partial charge in [0, 0.05) is 12.1 Å². The van der Waals surface area contributed by atoms with Crippen LogP contribution in [0.25, 0.3) is 0 Å². The predicted octanol–water partition coefficient (Wildman–Crippen LogP) is 1.49. The molecule has 0 aliphatic heterocycles. The van der Waals surface area contributed by atoms with Gasteiger partial charge in [-0.1, -0.05) is 0 Å². The SMILES string of the molecule is NC[C@H]1CC[C@H](C(=O)Nc2ncccc2O)CC1. The molecule has 0 bridgehead atoms. The van der Waals surface area contributed by atoms with E-state index in [1.807, 2.05) is 0 Å². The molecule has 1 saturated carbocycles. The van der Waals surface area contributed by atoms with E-state index >= 15 is 0 Å². The minimum atomic E-state index is -0.0560. The maximum atomic E-state index is 12.0. The zero-order chi connectivity index (χ0) is 13.0. The maximum Gasteiger partial charge on any atom is 0.228 e. The first-order chi connectivity index (χ1) is 8.70. The van der Waals surface area contributed by atoms with E-state index < -0.39 is 0 Å². The van der Waals surface area contributed by atoms with Crippen molar-refractivity contribution in [2.75, 3.05) is 11.9 Å². The Morgan fingerprint density at radius 2 is 2.17 bits per heavy atom. The van der Waals surface area contributed by atoms with Crippen molar-refractivity contribution in [3.8, 4) is 5.75 Å². The van der Waals surface area contributed by atoms with Crippen molar-refractivity contribution < 1.29 is 9.90 Å². The summed E-state index contributed by atoms with van der Waals surface area (Å²) in [7, 11) is 0. The number of amides is 1. The Bertz CT molecular complexity index is 414. The first kappa shape index (κ1) is 12.8. The maximum absolute atomic E-state index is 12.0. The molecule has 18 heavy (non-hydrogen) atoms. The number of rotatable bonds is 3. The molecule has 1 aliphatic carbocycles. The van der Waals surface area contributed by atoms with E-state index in [0.717, 1.165) is 25.7 Å². The Morgan fingerprint density at radius 3 is 2.78 bits per heavy atom. The van der Waals surface area contributed by atoms with Crippen LogP contribution in [0.4, 0.5) is 5.82 Å². The third-order valence-corrected chi connectivity index (χ3v) is 3.58. The number of aromatic nitrogens is 1. The van der Waals surface area contributed by atoms with Crippen LogP contribution in [0.1, 0.15) is 25.7 Å². The zero-order valence-corrected chi connectivity index (χ0v) is 10.3. The second kappa shape index (κ2) is 5.82. The molecule has 98 valence electrons. The molecule has 0 spiro atoms. The quantitative estimate of drug-likeness (QED) is 0.757. The summed E-state index contributed by atoms with van der Waals surface area (Å²) in [6.07, 6.45) is 5.27. The molecule has 1 heterocycles. The van der Waals surface area contributed by atoms with Gasteiger partial charge >= 0.3 is 0 Å². The molecule has 5 heteroatoms. The number of hydrogen-bond donors (Lipinski definition) is 3. The van der Waals surface area contributed by atoms with Crippen molar-refractivity contribution in [1.29, 1.82) is 0 Å². The molecule has 0 saturated heterocycles. The lowest BCUT2D eigenvalue weighted by atomic mass is 9.81. The molecule has 0 radical (unpaired) electrons. The van der Waals surface area contributed by atoms with Gasteiger partial charge in [0.05, 0.1) is 0 Å². The summed E-state index contributed by atoms with van der Waals surface area (Å²) in [6, 6.07) is 3.13. The number of carbonyl (C=O) groups excluding carboxylic acids is 1. The average Bonchev–Trinajstić information content (AvgIpc) is 2.41. The smallest absolute Gasteiger partial charge is 0.228 e. The van der Waals surface area contributed by atoms with Gasteiger partial charge in [0.2, 0.25) is 5.91 Å². The lowest BCUT2D eigenvalue weighted by Gasteiger charge is -2.26. The molecule has 1 amide bonds. The number of anilines is 1. The third-order valence-electron chi connectivity index (χ3n) is 3.58. The topological polar surface area (TPSA) is 88.2 Å². The van der Waals surface area contributed by atoms with E-state index in [2.05, 4.69) is 10.3 Å². The van der Waals surface area contributed by atoms with Crippen molar-refractivity contribution in [3.05, 3.63) is 18.3 Å². The Hall–Kier alpha value is -1.62. The number of pyridine rings is 1. The van der Waals surface area contributed by atoms with Crippen molar-refractivity contribution >= 4 is 11.7 Å². The standard InChI is InChI=1S/C13H19N3O2/c14-8-9-3-5-10(6-4-9)13(18)16-12-11(17)2-1-7-15-12/h1-2,7,9-10,17H,3-6,8,14H2,(H,15,16,18)/t9-,10-. The number of hydrogen-bond acceptors (Lipinski definition) is 4. The highest BCUT2D eigenvalue weighted by molar-refractivity contribution is 5.92. The van der Waals surface area contributed by atoms with Crippen LogP contribution in [-0.2, 0) is 4.79 Å². The van der Waals surface area contributed by atoms with Gasteiger partial charge in [0.15, 0.2) is 11.6 Å². The molecule has 0 aromatic carbocycles. The molecule has 1 aliphatic rings. The first-order valence-electron chi connectivity index (χ1n) is 6.35. The Balaban J connectivity index is 1.91. The summed E-state index contributed by atoms with van der Waals surface area (Å²) < 4.78 is 0. The molecular weight excluding hydrogens is 230 g/mol. The van der Waals surface area contributed by atoms with Crippen LogP contribution in [0.15, 0.2) is 18.3 Å². The number of carbonyl (C=O) groups is 1.